The highest BCUT2D eigenvalue weighted by Gasteiger charge is 2.32. The fourth-order valence-corrected chi connectivity index (χ4v) is 4.42. The Morgan fingerprint density at radius 2 is 1.67 bits per heavy atom. The molecule has 1 heterocycles. The van der Waals surface area contributed by atoms with Crippen molar-refractivity contribution in [3.63, 3.8) is 0 Å². The zero-order valence-corrected chi connectivity index (χ0v) is 15.1. The highest BCUT2D eigenvalue weighted by atomic mass is 32.2. The Balaban J connectivity index is 2.30. The summed E-state index contributed by atoms with van der Waals surface area (Å²) < 4.78 is 68.5. The molecule has 0 aliphatic heterocycles. The van der Waals surface area contributed by atoms with Crippen LogP contribution in [0.2, 0.25) is 0 Å². The zero-order valence-electron chi connectivity index (χ0n) is 14.2. The average Bonchev–Trinajstić information content (AvgIpc) is 2.84. The van der Waals surface area contributed by atoms with Crippen LogP contribution in [0.3, 0.4) is 0 Å². The van der Waals surface area contributed by atoms with E-state index in [1.54, 1.807) is 19.1 Å². The van der Waals surface area contributed by atoms with Crippen LogP contribution in [0.25, 0.3) is 10.9 Å². The second-order valence-corrected chi connectivity index (χ2v) is 7.71. The minimum absolute atomic E-state index is 0.0484. The van der Waals surface area contributed by atoms with E-state index in [1.807, 2.05) is 0 Å². The van der Waals surface area contributed by atoms with Crippen molar-refractivity contribution in [3.8, 4) is 5.75 Å². The molecular formula is C18H14F3NO4S. The SMILES string of the molecule is Cc1ccc(S(=O)(=O)n2c(C)c(C=O)c3ccc(OC(F)(F)F)cc32)cc1. The number of aromatic nitrogens is 1. The normalized spacial score (nSPS) is 12.3. The van der Waals surface area contributed by atoms with E-state index in [-0.39, 0.29) is 27.1 Å². The predicted octanol–water partition coefficient (Wildman–Crippen LogP) is 4.21. The molecule has 142 valence electrons. The number of carbonyl (C=O) groups is 1. The molecule has 0 atom stereocenters. The molecule has 0 fully saturated rings. The van der Waals surface area contributed by atoms with Gasteiger partial charge in [0.1, 0.15) is 5.75 Å². The molecule has 27 heavy (non-hydrogen) atoms. The van der Waals surface area contributed by atoms with Gasteiger partial charge in [0.25, 0.3) is 10.0 Å². The van der Waals surface area contributed by atoms with Gasteiger partial charge in [-0.3, -0.25) is 4.79 Å². The second kappa shape index (κ2) is 6.41. The maximum atomic E-state index is 13.1. The number of aryl methyl sites for hydroxylation is 1. The Hall–Kier alpha value is -2.81. The zero-order chi connectivity index (χ0) is 20.0. The molecule has 3 rings (SSSR count). The Morgan fingerprint density at radius 1 is 1.04 bits per heavy atom. The molecular weight excluding hydrogens is 383 g/mol. The Bertz CT molecular complexity index is 1130. The first-order chi connectivity index (χ1) is 12.5. The summed E-state index contributed by atoms with van der Waals surface area (Å²) in [6.07, 6.45) is -4.45. The molecule has 0 saturated heterocycles. The Labute approximate surface area is 153 Å². The molecule has 0 bridgehead atoms. The monoisotopic (exact) mass is 397 g/mol. The van der Waals surface area contributed by atoms with Gasteiger partial charge in [0.05, 0.1) is 10.4 Å². The summed E-state index contributed by atoms with van der Waals surface area (Å²) in [7, 11) is -4.14. The van der Waals surface area contributed by atoms with Crippen LogP contribution in [0, 0.1) is 13.8 Å². The largest absolute Gasteiger partial charge is 0.573 e. The molecule has 3 aromatic rings. The first-order valence-corrected chi connectivity index (χ1v) is 9.17. The van der Waals surface area contributed by atoms with Crippen LogP contribution in [0.4, 0.5) is 13.2 Å². The summed E-state index contributed by atoms with van der Waals surface area (Å²) in [5.74, 6) is -0.578. The van der Waals surface area contributed by atoms with Gasteiger partial charge in [-0.05, 0) is 38.1 Å². The lowest BCUT2D eigenvalue weighted by Crippen LogP contribution is -2.17. The molecule has 0 aliphatic carbocycles. The van der Waals surface area contributed by atoms with Gasteiger partial charge in [-0.25, -0.2) is 12.4 Å². The van der Waals surface area contributed by atoms with Crippen molar-refractivity contribution in [2.24, 2.45) is 0 Å². The third-order valence-corrected chi connectivity index (χ3v) is 5.90. The van der Waals surface area contributed by atoms with Crippen LogP contribution in [0.1, 0.15) is 21.6 Å². The molecule has 1 aromatic heterocycles. The molecule has 0 N–H and O–H groups in total. The summed E-state index contributed by atoms with van der Waals surface area (Å²) in [6.45, 7) is 3.21. The van der Waals surface area contributed by atoms with E-state index in [4.69, 9.17) is 0 Å². The number of benzene rings is 2. The summed E-state index contributed by atoms with van der Waals surface area (Å²) in [5.41, 5.74) is 0.957. The fraction of sp³-hybridized carbons (Fsp3) is 0.167. The second-order valence-electron chi connectivity index (χ2n) is 5.93. The molecule has 0 unspecified atom stereocenters. The first kappa shape index (κ1) is 19.0. The van der Waals surface area contributed by atoms with Crippen LogP contribution < -0.4 is 4.74 Å². The van der Waals surface area contributed by atoms with Gasteiger partial charge >= 0.3 is 6.36 Å². The average molecular weight is 397 g/mol. The Kier molecular flexibility index (Phi) is 4.51. The number of aldehydes is 1. The number of alkyl halides is 3. The quantitative estimate of drug-likeness (QED) is 0.619. The summed E-state index contributed by atoms with van der Waals surface area (Å²) in [6, 6.07) is 9.21. The molecule has 2 aromatic carbocycles. The van der Waals surface area contributed by atoms with Crippen LogP contribution in [-0.4, -0.2) is 25.0 Å². The van der Waals surface area contributed by atoms with E-state index in [9.17, 15) is 26.4 Å². The lowest BCUT2D eigenvalue weighted by Gasteiger charge is -2.12. The number of hydrogen-bond acceptors (Lipinski definition) is 4. The van der Waals surface area contributed by atoms with E-state index in [0.29, 0.717) is 6.29 Å². The molecule has 5 nitrogen and oxygen atoms in total. The van der Waals surface area contributed by atoms with Crippen molar-refractivity contribution < 1.29 is 31.1 Å². The summed E-state index contributed by atoms with van der Waals surface area (Å²) in [4.78, 5) is 11.4. The number of halogens is 3. The number of rotatable bonds is 4. The summed E-state index contributed by atoms with van der Waals surface area (Å²) in [5, 5.41) is 0.215. The molecule has 0 aliphatic rings. The van der Waals surface area contributed by atoms with Gasteiger partial charge < -0.3 is 4.74 Å². The number of carbonyl (C=O) groups excluding carboxylic acids is 1. The minimum Gasteiger partial charge on any atom is -0.406 e. The lowest BCUT2D eigenvalue weighted by molar-refractivity contribution is -0.274. The van der Waals surface area contributed by atoms with Crippen molar-refractivity contribution in [2.45, 2.75) is 25.1 Å². The number of ether oxygens (including phenoxy) is 1. The maximum absolute atomic E-state index is 13.1. The third kappa shape index (κ3) is 3.42. The topological polar surface area (TPSA) is 65.4 Å². The highest BCUT2D eigenvalue weighted by molar-refractivity contribution is 7.90. The van der Waals surface area contributed by atoms with Gasteiger partial charge in [0.2, 0.25) is 0 Å². The molecule has 0 radical (unpaired) electrons. The number of fused-ring (bicyclic) bond motifs is 1. The number of nitrogens with zero attached hydrogens (tertiary/aromatic N) is 1. The third-order valence-electron chi connectivity index (χ3n) is 4.08. The highest BCUT2D eigenvalue weighted by Crippen LogP contribution is 2.33. The maximum Gasteiger partial charge on any atom is 0.573 e. The van der Waals surface area contributed by atoms with Gasteiger partial charge in [-0.1, -0.05) is 17.7 Å². The molecule has 9 heteroatoms. The van der Waals surface area contributed by atoms with E-state index < -0.39 is 22.1 Å². The van der Waals surface area contributed by atoms with E-state index in [1.165, 1.54) is 25.1 Å². The minimum atomic E-state index is -4.93. The molecule has 0 amide bonds. The van der Waals surface area contributed by atoms with Crippen LogP contribution in [0.5, 0.6) is 5.75 Å². The van der Waals surface area contributed by atoms with E-state index in [2.05, 4.69) is 4.74 Å². The van der Waals surface area contributed by atoms with Gasteiger partial charge in [-0.15, -0.1) is 13.2 Å². The van der Waals surface area contributed by atoms with Gasteiger partial charge in [0, 0.05) is 22.7 Å². The van der Waals surface area contributed by atoms with Crippen molar-refractivity contribution in [2.75, 3.05) is 0 Å². The molecule has 0 spiro atoms. The standard InChI is InChI=1S/C18H14F3NO4S/c1-11-3-6-14(7-4-11)27(24,25)22-12(2)16(10-23)15-8-5-13(9-17(15)22)26-18(19,20)21/h3-10H,1-2H3. The van der Waals surface area contributed by atoms with E-state index >= 15 is 0 Å². The number of hydrogen-bond donors (Lipinski definition) is 0. The van der Waals surface area contributed by atoms with Crippen LogP contribution >= 0.6 is 0 Å². The fourth-order valence-electron chi connectivity index (χ4n) is 2.86. The van der Waals surface area contributed by atoms with Crippen molar-refractivity contribution in [3.05, 3.63) is 59.3 Å². The van der Waals surface area contributed by atoms with Crippen molar-refractivity contribution in [1.82, 2.24) is 3.97 Å². The lowest BCUT2D eigenvalue weighted by atomic mass is 10.1. The van der Waals surface area contributed by atoms with Crippen LogP contribution in [0.15, 0.2) is 47.4 Å². The van der Waals surface area contributed by atoms with Gasteiger partial charge in [0.15, 0.2) is 6.29 Å². The van der Waals surface area contributed by atoms with Gasteiger partial charge in [-0.2, -0.15) is 0 Å². The summed E-state index contributed by atoms with van der Waals surface area (Å²) >= 11 is 0. The van der Waals surface area contributed by atoms with E-state index in [0.717, 1.165) is 21.7 Å². The molecule has 0 saturated carbocycles. The van der Waals surface area contributed by atoms with Crippen molar-refractivity contribution in [1.29, 1.82) is 0 Å². The smallest absolute Gasteiger partial charge is 0.406 e. The first-order valence-electron chi connectivity index (χ1n) is 7.73. The van der Waals surface area contributed by atoms with Crippen LogP contribution in [-0.2, 0) is 10.0 Å². The van der Waals surface area contributed by atoms with Crippen molar-refractivity contribution >= 4 is 27.2 Å². The Morgan fingerprint density at radius 3 is 2.22 bits per heavy atom. The predicted molar refractivity (Wildman–Crippen MR) is 92.5 cm³/mol.